The highest BCUT2D eigenvalue weighted by Gasteiger charge is 1.99. The second-order valence-corrected chi connectivity index (χ2v) is 3.35. The highest BCUT2D eigenvalue weighted by Crippen LogP contribution is 2.18. The number of amides is 1. The molecule has 0 spiro atoms. The molecule has 1 rings (SSSR count). The molecular weight excluding hydrogens is 218 g/mol. The third kappa shape index (κ3) is 4.43. The van der Waals surface area contributed by atoms with Crippen LogP contribution < -0.4 is 15.8 Å². The van der Waals surface area contributed by atoms with Crippen LogP contribution in [0, 0.1) is 11.8 Å². The minimum Gasteiger partial charge on any atom is -0.493 e. The Hall–Kier alpha value is -2.22. The van der Waals surface area contributed by atoms with Crippen LogP contribution in [-0.4, -0.2) is 24.5 Å². The lowest BCUT2D eigenvalue weighted by Gasteiger charge is -2.02. The van der Waals surface area contributed by atoms with Gasteiger partial charge in [0.2, 0.25) is 5.91 Å². The number of pyridine rings is 1. The molecule has 1 aromatic heterocycles. The maximum absolute atomic E-state index is 10.6. The van der Waals surface area contributed by atoms with E-state index >= 15 is 0 Å². The molecule has 1 heterocycles. The van der Waals surface area contributed by atoms with E-state index in [1.807, 2.05) is 0 Å². The summed E-state index contributed by atoms with van der Waals surface area (Å²) in [6.45, 7) is 2.02. The number of ether oxygens (including phenoxy) is 1. The van der Waals surface area contributed by atoms with Gasteiger partial charge in [0.1, 0.15) is 0 Å². The maximum atomic E-state index is 10.6. The molecule has 5 nitrogen and oxygen atoms in total. The molecule has 0 aromatic carbocycles. The van der Waals surface area contributed by atoms with Gasteiger partial charge < -0.3 is 15.8 Å². The largest absolute Gasteiger partial charge is 0.493 e. The van der Waals surface area contributed by atoms with Crippen LogP contribution in [0.5, 0.6) is 5.75 Å². The topological polar surface area (TPSA) is 77.2 Å². The van der Waals surface area contributed by atoms with Gasteiger partial charge in [-0.3, -0.25) is 4.79 Å². The number of nitrogen functional groups attached to an aromatic ring is 1. The van der Waals surface area contributed by atoms with Gasteiger partial charge in [0.05, 0.1) is 7.11 Å². The Balaban J connectivity index is 2.57. The summed E-state index contributed by atoms with van der Waals surface area (Å²) in [7, 11) is 1.53. The van der Waals surface area contributed by atoms with Gasteiger partial charge in [0.25, 0.3) is 0 Å². The van der Waals surface area contributed by atoms with E-state index in [9.17, 15) is 4.79 Å². The first-order valence-electron chi connectivity index (χ1n) is 5.16. The number of nitrogens with two attached hydrogens (primary N) is 1. The number of methoxy groups -OCH3 is 1. The molecule has 0 aliphatic carbocycles. The summed E-state index contributed by atoms with van der Waals surface area (Å²) in [6.07, 6.45) is 2.18. The van der Waals surface area contributed by atoms with Crippen molar-refractivity contribution < 1.29 is 9.53 Å². The average Bonchev–Trinajstić information content (AvgIpc) is 2.30. The van der Waals surface area contributed by atoms with Gasteiger partial charge >= 0.3 is 0 Å². The highest BCUT2D eigenvalue weighted by atomic mass is 16.5. The minimum absolute atomic E-state index is 0.0531. The first-order chi connectivity index (χ1) is 8.13. The molecule has 0 fully saturated rings. The van der Waals surface area contributed by atoms with E-state index in [2.05, 4.69) is 22.1 Å². The van der Waals surface area contributed by atoms with Gasteiger partial charge in [-0.05, 0) is 0 Å². The standard InChI is InChI=1S/C12H15N3O2/c1-9(16)14-6-4-3-5-10-7-11(17-2)12(13)15-8-10/h7-8H,4,6H2,1-2H3,(H2,13,15)(H,14,16). The van der Waals surface area contributed by atoms with Crippen LogP contribution in [0.15, 0.2) is 12.3 Å². The van der Waals surface area contributed by atoms with Gasteiger partial charge in [-0.25, -0.2) is 4.98 Å². The van der Waals surface area contributed by atoms with Crippen molar-refractivity contribution >= 4 is 11.7 Å². The molecular formula is C12H15N3O2. The normalized spacial score (nSPS) is 9.06. The zero-order valence-corrected chi connectivity index (χ0v) is 9.91. The third-order valence-electron chi connectivity index (χ3n) is 1.96. The molecule has 1 aromatic rings. The van der Waals surface area contributed by atoms with Gasteiger partial charge in [-0.1, -0.05) is 11.8 Å². The molecule has 90 valence electrons. The molecule has 0 unspecified atom stereocenters. The van der Waals surface area contributed by atoms with Crippen molar-refractivity contribution in [2.24, 2.45) is 0 Å². The van der Waals surface area contributed by atoms with Crippen LogP contribution in [0.1, 0.15) is 18.9 Å². The molecule has 0 saturated heterocycles. The molecule has 0 bridgehead atoms. The average molecular weight is 233 g/mol. The minimum atomic E-state index is -0.0531. The predicted molar refractivity (Wildman–Crippen MR) is 65.4 cm³/mol. The number of hydrogen-bond donors (Lipinski definition) is 2. The van der Waals surface area contributed by atoms with Crippen molar-refractivity contribution in [1.29, 1.82) is 0 Å². The van der Waals surface area contributed by atoms with Crippen molar-refractivity contribution in [3.05, 3.63) is 17.8 Å². The summed E-state index contributed by atoms with van der Waals surface area (Å²) in [4.78, 5) is 14.6. The Bertz CT molecular complexity index is 461. The molecule has 1 amide bonds. The van der Waals surface area contributed by atoms with E-state index in [1.54, 1.807) is 12.3 Å². The molecule has 17 heavy (non-hydrogen) atoms. The van der Waals surface area contributed by atoms with Gasteiger partial charge in [0, 0.05) is 37.7 Å². The van der Waals surface area contributed by atoms with E-state index in [0.717, 1.165) is 5.56 Å². The molecule has 0 radical (unpaired) electrons. The number of hydrogen-bond acceptors (Lipinski definition) is 4. The quantitative estimate of drug-likeness (QED) is 0.590. The fraction of sp³-hybridized carbons (Fsp3) is 0.333. The number of anilines is 1. The van der Waals surface area contributed by atoms with Crippen molar-refractivity contribution in [2.75, 3.05) is 19.4 Å². The van der Waals surface area contributed by atoms with Crippen LogP contribution >= 0.6 is 0 Å². The van der Waals surface area contributed by atoms with Crippen molar-refractivity contribution in [3.63, 3.8) is 0 Å². The molecule has 0 saturated carbocycles. The van der Waals surface area contributed by atoms with Crippen LogP contribution in [-0.2, 0) is 4.79 Å². The van der Waals surface area contributed by atoms with E-state index < -0.39 is 0 Å². The van der Waals surface area contributed by atoms with Crippen LogP contribution in [0.25, 0.3) is 0 Å². The van der Waals surface area contributed by atoms with Gasteiger partial charge in [-0.15, -0.1) is 0 Å². The van der Waals surface area contributed by atoms with E-state index in [4.69, 9.17) is 10.5 Å². The Morgan fingerprint density at radius 2 is 2.41 bits per heavy atom. The van der Waals surface area contributed by atoms with Crippen LogP contribution in [0.3, 0.4) is 0 Å². The first-order valence-corrected chi connectivity index (χ1v) is 5.16. The first kappa shape index (κ1) is 12.8. The van der Waals surface area contributed by atoms with Gasteiger partial charge in [-0.2, -0.15) is 0 Å². The van der Waals surface area contributed by atoms with Crippen LogP contribution in [0.4, 0.5) is 5.82 Å². The second-order valence-electron chi connectivity index (χ2n) is 3.35. The highest BCUT2D eigenvalue weighted by molar-refractivity contribution is 5.72. The zero-order valence-electron chi connectivity index (χ0n) is 9.91. The Morgan fingerprint density at radius 3 is 3.06 bits per heavy atom. The van der Waals surface area contributed by atoms with Crippen molar-refractivity contribution in [2.45, 2.75) is 13.3 Å². The summed E-state index contributed by atoms with van der Waals surface area (Å²) >= 11 is 0. The molecule has 0 aliphatic heterocycles. The summed E-state index contributed by atoms with van der Waals surface area (Å²) < 4.78 is 5.03. The van der Waals surface area contributed by atoms with Crippen LogP contribution in [0.2, 0.25) is 0 Å². The summed E-state index contributed by atoms with van der Waals surface area (Å²) in [6, 6.07) is 1.73. The molecule has 3 N–H and O–H groups in total. The number of nitrogens with one attached hydrogen (secondary N) is 1. The van der Waals surface area contributed by atoms with Crippen molar-refractivity contribution in [1.82, 2.24) is 10.3 Å². The van der Waals surface area contributed by atoms with E-state index in [1.165, 1.54) is 14.0 Å². The van der Waals surface area contributed by atoms with E-state index in [0.29, 0.717) is 24.5 Å². The lowest BCUT2D eigenvalue weighted by molar-refractivity contribution is -0.118. The van der Waals surface area contributed by atoms with Crippen molar-refractivity contribution in [3.8, 4) is 17.6 Å². The Labute approximate surface area is 100 Å². The summed E-state index contributed by atoms with van der Waals surface area (Å²) in [5.41, 5.74) is 6.31. The van der Waals surface area contributed by atoms with E-state index in [-0.39, 0.29) is 5.91 Å². The van der Waals surface area contributed by atoms with Gasteiger partial charge in [0.15, 0.2) is 11.6 Å². The molecule has 0 aliphatic rings. The Morgan fingerprint density at radius 1 is 1.65 bits per heavy atom. The fourth-order valence-electron chi connectivity index (χ4n) is 1.15. The summed E-state index contributed by atoms with van der Waals surface area (Å²) in [5, 5.41) is 2.66. The smallest absolute Gasteiger partial charge is 0.216 e. The lowest BCUT2D eigenvalue weighted by Crippen LogP contribution is -2.20. The molecule has 5 heteroatoms. The second kappa shape index (κ2) is 6.38. The zero-order chi connectivity index (χ0) is 12.7. The number of nitrogens with zero attached hydrogens (tertiary/aromatic N) is 1. The fourth-order valence-corrected chi connectivity index (χ4v) is 1.15. The monoisotopic (exact) mass is 233 g/mol. The molecule has 0 atom stereocenters. The lowest BCUT2D eigenvalue weighted by atomic mass is 10.2. The number of rotatable bonds is 3. The predicted octanol–water partition coefficient (Wildman–Crippen LogP) is 0.550. The Kier molecular flexibility index (Phi) is 4.82. The SMILES string of the molecule is COc1cc(C#CCCNC(C)=O)cnc1N. The summed E-state index contributed by atoms with van der Waals surface area (Å²) in [5.74, 6) is 6.65. The third-order valence-corrected chi connectivity index (χ3v) is 1.96. The number of carbonyl (C=O) groups is 1. The number of aromatic nitrogens is 1. The maximum Gasteiger partial charge on any atom is 0.216 e. The number of carbonyl (C=O) groups excluding carboxylic acids is 1.